The molecular formula is C21H23F2N3O2. The van der Waals surface area contributed by atoms with Gasteiger partial charge in [0, 0.05) is 51.8 Å². The molecule has 5 nitrogen and oxygen atoms in total. The molecule has 0 N–H and O–H groups in total. The lowest BCUT2D eigenvalue weighted by Gasteiger charge is -2.36. The van der Waals surface area contributed by atoms with Gasteiger partial charge in [0.05, 0.1) is 5.69 Å². The van der Waals surface area contributed by atoms with Gasteiger partial charge in [-0.2, -0.15) is 0 Å². The Bertz CT molecular complexity index is 834. The van der Waals surface area contributed by atoms with Gasteiger partial charge in [-0.05, 0) is 36.4 Å². The van der Waals surface area contributed by atoms with Crippen LogP contribution in [0.2, 0.25) is 0 Å². The first-order valence-electron chi connectivity index (χ1n) is 9.26. The molecule has 1 aliphatic heterocycles. The number of anilines is 2. The number of rotatable bonds is 5. The summed E-state index contributed by atoms with van der Waals surface area (Å²) in [7, 11) is 0. The first-order valence-corrected chi connectivity index (χ1v) is 9.26. The molecule has 2 aromatic rings. The molecule has 0 aliphatic carbocycles. The predicted molar refractivity (Wildman–Crippen MR) is 104 cm³/mol. The number of para-hydroxylation sites is 1. The number of amides is 2. The van der Waals surface area contributed by atoms with Crippen LogP contribution in [0.4, 0.5) is 20.2 Å². The molecule has 1 heterocycles. The molecule has 0 radical (unpaired) electrons. The number of halogens is 2. The van der Waals surface area contributed by atoms with Crippen molar-refractivity contribution < 1.29 is 18.4 Å². The fourth-order valence-electron chi connectivity index (χ4n) is 3.35. The molecule has 0 aromatic heterocycles. The summed E-state index contributed by atoms with van der Waals surface area (Å²) in [5.41, 5.74) is 1.11. The van der Waals surface area contributed by atoms with Gasteiger partial charge < -0.3 is 14.7 Å². The molecule has 1 aliphatic rings. The Morgan fingerprint density at radius 1 is 0.964 bits per heavy atom. The number of nitrogens with zero attached hydrogens (tertiary/aromatic N) is 3. The zero-order valence-electron chi connectivity index (χ0n) is 15.8. The van der Waals surface area contributed by atoms with Crippen LogP contribution in [0.5, 0.6) is 0 Å². The van der Waals surface area contributed by atoms with Gasteiger partial charge >= 0.3 is 0 Å². The second-order valence-electron chi connectivity index (χ2n) is 6.72. The highest BCUT2D eigenvalue weighted by Gasteiger charge is 2.23. The second kappa shape index (κ2) is 8.82. The van der Waals surface area contributed by atoms with Gasteiger partial charge in [0.15, 0.2) is 0 Å². The van der Waals surface area contributed by atoms with E-state index < -0.39 is 5.82 Å². The molecule has 148 valence electrons. The van der Waals surface area contributed by atoms with Gasteiger partial charge in [-0.3, -0.25) is 9.59 Å². The van der Waals surface area contributed by atoms with Crippen LogP contribution >= 0.6 is 0 Å². The van der Waals surface area contributed by atoms with E-state index in [-0.39, 0.29) is 36.3 Å². The lowest BCUT2D eigenvalue weighted by Crippen LogP contribution is -2.49. The van der Waals surface area contributed by atoms with Gasteiger partial charge in [-0.25, -0.2) is 8.78 Å². The Balaban J connectivity index is 1.54. The minimum Gasteiger partial charge on any atom is -0.368 e. The van der Waals surface area contributed by atoms with E-state index in [2.05, 4.69) is 4.90 Å². The van der Waals surface area contributed by atoms with Crippen molar-refractivity contribution >= 4 is 23.2 Å². The second-order valence-corrected chi connectivity index (χ2v) is 6.72. The molecule has 2 amide bonds. The van der Waals surface area contributed by atoms with Gasteiger partial charge in [-0.1, -0.05) is 12.1 Å². The summed E-state index contributed by atoms with van der Waals surface area (Å²) in [6, 6.07) is 12.3. The van der Waals surface area contributed by atoms with E-state index in [1.54, 1.807) is 29.2 Å². The predicted octanol–water partition coefficient (Wildman–Crippen LogP) is 3.06. The number of benzene rings is 2. The lowest BCUT2D eigenvalue weighted by molar-refractivity contribution is -0.131. The van der Waals surface area contributed by atoms with Crippen molar-refractivity contribution in [2.75, 3.05) is 42.5 Å². The zero-order valence-corrected chi connectivity index (χ0v) is 15.8. The largest absolute Gasteiger partial charge is 0.368 e. The molecule has 7 heteroatoms. The van der Waals surface area contributed by atoms with Crippen LogP contribution in [-0.4, -0.2) is 49.4 Å². The third-order valence-corrected chi connectivity index (χ3v) is 4.90. The van der Waals surface area contributed by atoms with Crippen molar-refractivity contribution in [3.8, 4) is 0 Å². The Morgan fingerprint density at radius 2 is 1.61 bits per heavy atom. The maximum atomic E-state index is 14.0. The van der Waals surface area contributed by atoms with Crippen LogP contribution in [-0.2, 0) is 9.59 Å². The minimum absolute atomic E-state index is 0.0682. The molecule has 0 bridgehead atoms. The van der Waals surface area contributed by atoms with Crippen LogP contribution in [0.3, 0.4) is 0 Å². The van der Waals surface area contributed by atoms with Crippen molar-refractivity contribution in [3.05, 3.63) is 60.2 Å². The van der Waals surface area contributed by atoms with Crippen LogP contribution in [0.15, 0.2) is 48.5 Å². The van der Waals surface area contributed by atoms with Crippen molar-refractivity contribution in [2.24, 2.45) is 0 Å². The summed E-state index contributed by atoms with van der Waals surface area (Å²) in [5, 5.41) is 0. The Kier molecular flexibility index (Phi) is 6.23. The average Bonchev–Trinajstić information content (AvgIpc) is 2.70. The molecular weight excluding hydrogens is 364 g/mol. The van der Waals surface area contributed by atoms with E-state index in [0.29, 0.717) is 26.2 Å². The summed E-state index contributed by atoms with van der Waals surface area (Å²) >= 11 is 0. The van der Waals surface area contributed by atoms with Crippen molar-refractivity contribution in [2.45, 2.75) is 13.3 Å². The summed E-state index contributed by atoms with van der Waals surface area (Å²) in [6.07, 6.45) is 0.129. The summed E-state index contributed by atoms with van der Waals surface area (Å²) in [4.78, 5) is 29.6. The lowest BCUT2D eigenvalue weighted by atomic mass is 10.2. The van der Waals surface area contributed by atoms with E-state index in [1.165, 1.54) is 36.1 Å². The zero-order chi connectivity index (χ0) is 20.1. The topological polar surface area (TPSA) is 43.9 Å². The highest BCUT2D eigenvalue weighted by molar-refractivity contribution is 5.92. The number of piperazine rings is 1. The number of carbonyl (C=O) groups excluding carboxylic acids is 2. The van der Waals surface area contributed by atoms with Gasteiger partial charge in [-0.15, -0.1) is 0 Å². The van der Waals surface area contributed by atoms with Crippen LogP contribution in [0.25, 0.3) is 0 Å². The van der Waals surface area contributed by atoms with Crippen molar-refractivity contribution in [1.82, 2.24) is 4.90 Å². The molecule has 0 saturated carbocycles. The highest BCUT2D eigenvalue weighted by atomic mass is 19.1. The third kappa shape index (κ3) is 4.65. The monoisotopic (exact) mass is 387 g/mol. The Hall–Kier alpha value is -2.96. The summed E-state index contributed by atoms with van der Waals surface area (Å²) < 4.78 is 27.0. The Labute approximate surface area is 163 Å². The SMILES string of the molecule is CC(=O)N(CCC(=O)N1CCN(c2ccc(F)cc2)CC1)c1ccccc1F. The van der Waals surface area contributed by atoms with Crippen LogP contribution < -0.4 is 9.80 Å². The molecule has 0 atom stereocenters. The number of hydrogen-bond donors (Lipinski definition) is 0. The molecule has 1 saturated heterocycles. The van der Waals surface area contributed by atoms with E-state index >= 15 is 0 Å². The fourth-order valence-corrected chi connectivity index (χ4v) is 3.35. The smallest absolute Gasteiger partial charge is 0.224 e. The molecule has 28 heavy (non-hydrogen) atoms. The van der Waals surface area contributed by atoms with Crippen molar-refractivity contribution in [1.29, 1.82) is 0 Å². The highest BCUT2D eigenvalue weighted by Crippen LogP contribution is 2.20. The Morgan fingerprint density at radius 3 is 2.21 bits per heavy atom. The number of carbonyl (C=O) groups is 2. The summed E-state index contributed by atoms with van der Waals surface area (Å²) in [6.45, 7) is 3.90. The minimum atomic E-state index is -0.488. The summed E-state index contributed by atoms with van der Waals surface area (Å²) in [5.74, 6) is -1.14. The normalized spacial score (nSPS) is 14.1. The third-order valence-electron chi connectivity index (χ3n) is 4.90. The van der Waals surface area contributed by atoms with Crippen LogP contribution in [0.1, 0.15) is 13.3 Å². The molecule has 2 aromatic carbocycles. The standard InChI is InChI=1S/C21H23F2N3O2/c1-16(27)26(20-5-3-2-4-19(20)23)11-10-21(28)25-14-12-24(13-15-25)18-8-6-17(22)7-9-18/h2-9H,10-15H2,1H3. The van der Waals surface area contributed by atoms with Gasteiger partial charge in [0.2, 0.25) is 11.8 Å². The van der Waals surface area contributed by atoms with E-state index in [0.717, 1.165) is 5.69 Å². The number of hydrogen-bond acceptors (Lipinski definition) is 3. The van der Waals surface area contributed by atoms with E-state index in [9.17, 15) is 18.4 Å². The average molecular weight is 387 g/mol. The fraction of sp³-hybridized carbons (Fsp3) is 0.333. The maximum absolute atomic E-state index is 14.0. The van der Waals surface area contributed by atoms with Gasteiger partial charge in [0.25, 0.3) is 0 Å². The van der Waals surface area contributed by atoms with Crippen LogP contribution in [0, 0.1) is 11.6 Å². The van der Waals surface area contributed by atoms with Crippen molar-refractivity contribution in [3.63, 3.8) is 0 Å². The molecule has 1 fully saturated rings. The molecule has 3 rings (SSSR count). The molecule has 0 spiro atoms. The van der Waals surface area contributed by atoms with E-state index in [4.69, 9.17) is 0 Å². The quantitative estimate of drug-likeness (QED) is 0.792. The van der Waals surface area contributed by atoms with Gasteiger partial charge in [0.1, 0.15) is 11.6 Å². The van der Waals surface area contributed by atoms with E-state index in [1.807, 2.05) is 0 Å². The molecule has 0 unspecified atom stereocenters. The first kappa shape index (κ1) is 19.8. The maximum Gasteiger partial charge on any atom is 0.224 e. The first-order chi connectivity index (χ1) is 13.5.